The Hall–Kier alpha value is -1.09. The lowest BCUT2D eigenvalue weighted by atomic mass is 10.3. The van der Waals surface area contributed by atoms with Crippen molar-refractivity contribution in [1.29, 1.82) is 0 Å². The standard InChI is InChI=1S/C10H14NO3P/c1-3-10(15(12,13)14)11(2)9-7-5-4-6-8-9/h3-8H,1-2H3,(H2,12,13,14)/b10-3-. The van der Waals surface area contributed by atoms with Crippen molar-refractivity contribution < 1.29 is 14.4 Å². The first-order valence-corrected chi connectivity index (χ1v) is 6.09. The van der Waals surface area contributed by atoms with Crippen molar-refractivity contribution in [1.82, 2.24) is 0 Å². The second kappa shape index (κ2) is 4.62. The summed E-state index contributed by atoms with van der Waals surface area (Å²) in [4.78, 5) is 19.7. The molecule has 0 radical (unpaired) electrons. The maximum Gasteiger partial charge on any atom is 0.372 e. The SMILES string of the molecule is C/C=C(/N(C)c1ccccc1)P(=O)(O)O. The molecule has 82 valence electrons. The van der Waals surface area contributed by atoms with E-state index in [4.69, 9.17) is 9.79 Å². The smallest absolute Gasteiger partial charge is 0.338 e. The molecule has 0 saturated carbocycles. The average Bonchev–Trinajstić information content (AvgIpc) is 2.18. The first-order chi connectivity index (χ1) is 6.96. The minimum absolute atomic E-state index is 0.00806. The van der Waals surface area contributed by atoms with Gasteiger partial charge in [0.25, 0.3) is 0 Å². The fourth-order valence-corrected chi connectivity index (χ4v) is 2.18. The number of hydrogen-bond acceptors (Lipinski definition) is 2. The minimum atomic E-state index is -4.21. The van der Waals surface area contributed by atoms with Crippen LogP contribution in [0.3, 0.4) is 0 Å². The van der Waals surface area contributed by atoms with Crippen LogP contribution in [0.4, 0.5) is 5.69 Å². The van der Waals surface area contributed by atoms with E-state index in [9.17, 15) is 4.57 Å². The van der Waals surface area contributed by atoms with E-state index in [-0.39, 0.29) is 5.44 Å². The molecule has 0 heterocycles. The van der Waals surface area contributed by atoms with E-state index in [0.717, 1.165) is 5.69 Å². The van der Waals surface area contributed by atoms with Crippen LogP contribution in [0.15, 0.2) is 41.8 Å². The fourth-order valence-electron chi connectivity index (χ4n) is 1.34. The zero-order chi connectivity index (χ0) is 11.5. The highest BCUT2D eigenvalue weighted by Crippen LogP contribution is 2.47. The van der Waals surface area contributed by atoms with Crippen molar-refractivity contribution in [2.45, 2.75) is 6.92 Å². The highest BCUT2D eigenvalue weighted by Gasteiger charge is 2.24. The van der Waals surface area contributed by atoms with Crippen LogP contribution in [-0.2, 0) is 4.57 Å². The summed E-state index contributed by atoms with van der Waals surface area (Å²) >= 11 is 0. The maximum absolute atomic E-state index is 11.2. The predicted molar refractivity (Wildman–Crippen MR) is 60.6 cm³/mol. The van der Waals surface area contributed by atoms with E-state index in [0.29, 0.717) is 0 Å². The molecule has 0 aromatic heterocycles. The molecule has 2 N–H and O–H groups in total. The zero-order valence-electron chi connectivity index (χ0n) is 8.66. The van der Waals surface area contributed by atoms with Gasteiger partial charge in [-0.15, -0.1) is 0 Å². The van der Waals surface area contributed by atoms with Gasteiger partial charge >= 0.3 is 7.60 Å². The van der Waals surface area contributed by atoms with Gasteiger partial charge in [0.15, 0.2) is 0 Å². The molecule has 0 aliphatic rings. The minimum Gasteiger partial charge on any atom is -0.338 e. The van der Waals surface area contributed by atoms with Crippen LogP contribution in [0, 0.1) is 0 Å². The third-order valence-electron chi connectivity index (χ3n) is 2.04. The number of allylic oxidation sites excluding steroid dienone is 1. The molecule has 1 rings (SSSR count). The van der Waals surface area contributed by atoms with Crippen molar-refractivity contribution in [2.75, 3.05) is 11.9 Å². The lowest BCUT2D eigenvalue weighted by Gasteiger charge is -2.22. The summed E-state index contributed by atoms with van der Waals surface area (Å²) in [5.41, 5.74) is 0.752. The van der Waals surface area contributed by atoms with Gasteiger partial charge in [-0.25, -0.2) is 0 Å². The highest BCUT2D eigenvalue weighted by molar-refractivity contribution is 7.56. The van der Waals surface area contributed by atoms with E-state index in [1.54, 1.807) is 26.1 Å². The monoisotopic (exact) mass is 227 g/mol. The average molecular weight is 227 g/mol. The number of rotatable bonds is 3. The molecule has 0 unspecified atom stereocenters. The van der Waals surface area contributed by atoms with Crippen molar-refractivity contribution in [2.24, 2.45) is 0 Å². The Kier molecular flexibility index (Phi) is 3.69. The molecule has 0 saturated heterocycles. The Labute approximate surface area is 89.0 Å². The number of hydrogen-bond donors (Lipinski definition) is 2. The van der Waals surface area contributed by atoms with E-state index in [1.165, 1.54) is 11.0 Å². The molecule has 0 atom stereocenters. The van der Waals surface area contributed by atoms with Crippen LogP contribution < -0.4 is 4.90 Å². The molecule has 0 fully saturated rings. The van der Waals surface area contributed by atoms with Crippen LogP contribution in [-0.4, -0.2) is 16.8 Å². The predicted octanol–water partition coefficient (Wildman–Crippen LogP) is 2.16. The number of para-hydroxylation sites is 1. The quantitative estimate of drug-likeness (QED) is 0.777. The number of anilines is 1. The van der Waals surface area contributed by atoms with Gasteiger partial charge in [-0.2, -0.15) is 0 Å². The van der Waals surface area contributed by atoms with Crippen LogP contribution in [0.25, 0.3) is 0 Å². The first kappa shape index (κ1) is 12.0. The molecule has 0 aliphatic heterocycles. The molecule has 5 heteroatoms. The number of benzene rings is 1. The molecule has 1 aromatic rings. The Morgan fingerprint density at radius 2 is 1.87 bits per heavy atom. The second-order valence-corrected chi connectivity index (χ2v) is 4.63. The second-order valence-electron chi connectivity index (χ2n) is 3.09. The van der Waals surface area contributed by atoms with Gasteiger partial charge in [-0.3, -0.25) is 4.57 Å². The Morgan fingerprint density at radius 1 is 1.33 bits per heavy atom. The summed E-state index contributed by atoms with van der Waals surface area (Å²) in [6.45, 7) is 1.61. The molecule has 15 heavy (non-hydrogen) atoms. The van der Waals surface area contributed by atoms with E-state index >= 15 is 0 Å². The lowest BCUT2D eigenvalue weighted by Crippen LogP contribution is -2.16. The van der Waals surface area contributed by atoms with Crippen LogP contribution in [0.5, 0.6) is 0 Å². The summed E-state index contributed by atoms with van der Waals surface area (Å²) in [5, 5.41) is 0. The van der Waals surface area contributed by atoms with Crippen molar-refractivity contribution >= 4 is 13.3 Å². The van der Waals surface area contributed by atoms with Gasteiger partial charge in [0, 0.05) is 12.7 Å². The zero-order valence-corrected chi connectivity index (χ0v) is 9.56. The molecule has 0 spiro atoms. The lowest BCUT2D eigenvalue weighted by molar-refractivity contribution is 0.381. The van der Waals surface area contributed by atoms with Gasteiger partial charge in [0.1, 0.15) is 5.44 Å². The third-order valence-corrected chi connectivity index (χ3v) is 3.20. The fraction of sp³-hybridized carbons (Fsp3) is 0.200. The van der Waals surface area contributed by atoms with Crippen molar-refractivity contribution in [3.05, 3.63) is 41.8 Å². The Bertz CT molecular complexity index is 396. The van der Waals surface area contributed by atoms with E-state index < -0.39 is 7.60 Å². The van der Waals surface area contributed by atoms with Gasteiger partial charge in [-0.1, -0.05) is 24.3 Å². The van der Waals surface area contributed by atoms with Crippen LogP contribution in [0.1, 0.15) is 6.92 Å². The normalized spacial score (nSPS) is 12.7. The summed E-state index contributed by atoms with van der Waals surface area (Å²) in [6.07, 6.45) is 1.42. The summed E-state index contributed by atoms with van der Waals surface area (Å²) < 4.78 is 11.2. The van der Waals surface area contributed by atoms with Crippen LogP contribution >= 0.6 is 7.60 Å². The molecule has 4 nitrogen and oxygen atoms in total. The molecule has 0 bridgehead atoms. The van der Waals surface area contributed by atoms with Gasteiger partial charge < -0.3 is 14.7 Å². The maximum atomic E-state index is 11.2. The summed E-state index contributed by atoms with van der Waals surface area (Å²) in [5.74, 6) is 0. The van der Waals surface area contributed by atoms with Crippen molar-refractivity contribution in [3.63, 3.8) is 0 Å². The molecule has 0 aliphatic carbocycles. The van der Waals surface area contributed by atoms with Gasteiger partial charge in [0.2, 0.25) is 0 Å². The molecule has 0 amide bonds. The van der Waals surface area contributed by atoms with Gasteiger partial charge in [0.05, 0.1) is 0 Å². The highest BCUT2D eigenvalue weighted by atomic mass is 31.2. The van der Waals surface area contributed by atoms with Gasteiger partial charge in [-0.05, 0) is 19.1 Å². The van der Waals surface area contributed by atoms with Crippen molar-refractivity contribution in [3.8, 4) is 0 Å². The number of nitrogens with zero attached hydrogens (tertiary/aromatic N) is 1. The van der Waals surface area contributed by atoms with Crippen LogP contribution in [0.2, 0.25) is 0 Å². The summed E-state index contributed by atoms with van der Waals surface area (Å²) in [6, 6.07) is 9.07. The molecule has 1 aromatic carbocycles. The molecular weight excluding hydrogens is 213 g/mol. The Morgan fingerprint density at radius 3 is 2.27 bits per heavy atom. The topological polar surface area (TPSA) is 60.8 Å². The van der Waals surface area contributed by atoms with E-state index in [2.05, 4.69) is 0 Å². The Balaban J connectivity index is 3.05. The third kappa shape index (κ3) is 2.93. The van der Waals surface area contributed by atoms with E-state index in [1.807, 2.05) is 18.2 Å². The molecular formula is C10H14NO3P. The largest absolute Gasteiger partial charge is 0.372 e. The first-order valence-electron chi connectivity index (χ1n) is 4.48. The summed E-state index contributed by atoms with van der Waals surface area (Å²) in [7, 11) is -2.58.